The quantitative estimate of drug-likeness (QED) is 0.658. The zero-order valence-electron chi connectivity index (χ0n) is 17.2. The maximum atomic E-state index is 12.6. The Morgan fingerprint density at radius 3 is 2.67 bits per heavy atom. The predicted octanol–water partition coefficient (Wildman–Crippen LogP) is 2.53. The number of carbonyl (C=O) groups is 1. The number of nitrogens with zero attached hydrogens (tertiary/aromatic N) is 3. The van der Waals surface area contributed by atoms with Crippen LogP contribution in [0.1, 0.15) is 19.4 Å². The summed E-state index contributed by atoms with van der Waals surface area (Å²) in [4.78, 5) is 14.8. The first kappa shape index (κ1) is 20.0. The van der Waals surface area contributed by atoms with E-state index in [9.17, 15) is 9.90 Å². The minimum absolute atomic E-state index is 0.169. The molecule has 3 aromatic rings. The fourth-order valence-electron chi connectivity index (χ4n) is 3.41. The minimum Gasteiger partial charge on any atom is -0.477 e. The van der Waals surface area contributed by atoms with Crippen molar-refractivity contribution >= 4 is 11.6 Å². The second-order valence-electron chi connectivity index (χ2n) is 8.10. The van der Waals surface area contributed by atoms with Gasteiger partial charge in [-0.05, 0) is 49.7 Å². The van der Waals surface area contributed by atoms with Gasteiger partial charge in [-0.1, -0.05) is 24.3 Å². The van der Waals surface area contributed by atoms with Crippen LogP contribution in [-0.4, -0.2) is 45.6 Å². The molecule has 7 nitrogen and oxygen atoms in total. The third-order valence-corrected chi connectivity index (χ3v) is 4.93. The number of anilines is 1. The molecule has 0 fully saturated rings. The Labute approximate surface area is 175 Å². The molecule has 7 heteroatoms. The Morgan fingerprint density at radius 2 is 1.97 bits per heavy atom. The number of carbonyl (C=O) groups excluding carboxylic acids is 1. The summed E-state index contributed by atoms with van der Waals surface area (Å²) in [5.74, 6) is 0.450. The molecule has 2 N–H and O–H groups in total. The van der Waals surface area contributed by atoms with Crippen molar-refractivity contribution < 1.29 is 14.6 Å². The van der Waals surface area contributed by atoms with Crippen molar-refractivity contribution in [2.45, 2.75) is 32.1 Å². The van der Waals surface area contributed by atoms with E-state index in [0.29, 0.717) is 18.8 Å². The summed E-state index contributed by atoms with van der Waals surface area (Å²) in [7, 11) is 0. The summed E-state index contributed by atoms with van der Waals surface area (Å²) in [6.45, 7) is 4.56. The summed E-state index contributed by atoms with van der Waals surface area (Å²) >= 11 is 0. The van der Waals surface area contributed by atoms with E-state index in [1.54, 1.807) is 20.0 Å². The van der Waals surface area contributed by atoms with Crippen molar-refractivity contribution in [1.82, 2.24) is 15.1 Å². The zero-order valence-corrected chi connectivity index (χ0v) is 17.2. The van der Waals surface area contributed by atoms with E-state index in [2.05, 4.69) is 27.4 Å². The summed E-state index contributed by atoms with van der Waals surface area (Å²) in [6.07, 6.45) is 3.01. The molecule has 30 heavy (non-hydrogen) atoms. The van der Waals surface area contributed by atoms with Gasteiger partial charge < -0.3 is 20.1 Å². The van der Waals surface area contributed by atoms with Crippen LogP contribution in [0.2, 0.25) is 0 Å². The molecule has 0 aliphatic carbocycles. The van der Waals surface area contributed by atoms with Crippen molar-refractivity contribution in [1.29, 1.82) is 0 Å². The van der Waals surface area contributed by atoms with Crippen LogP contribution < -0.4 is 15.0 Å². The average Bonchev–Trinajstić information content (AvgIpc) is 3.27. The number of fused-ring (bicyclic) bond motifs is 1. The highest BCUT2D eigenvalue weighted by atomic mass is 16.5. The highest BCUT2D eigenvalue weighted by Crippen LogP contribution is 2.34. The van der Waals surface area contributed by atoms with Gasteiger partial charge in [-0.15, -0.1) is 0 Å². The summed E-state index contributed by atoms with van der Waals surface area (Å²) < 4.78 is 7.76. The smallest absolute Gasteiger partial charge is 0.263 e. The van der Waals surface area contributed by atoms with Gasteiger partial charge in [0.2, 0.25) is 0 Å². The standard InChI is InChI=1S/C23H26N4O3/c1-23(2,29)16-24-22(28)21-15-26(19-6-3-4-7-20(19)30-21)14-17-8-10-18(11-9-17)27-13-5-12-25-27/h3-13,21,29H,14-16H2,1-2H3,(H,24,28). The van der Waals surface area contributed by atoms with Crippen molar-refractivity contribution in [3.8, 4) is 11.4 Å². The molecule has 1 atom stereocenters. The number of benzene rings is 2. The Balaban J connectivity index is 1.50. The highest BCUT2D eigenvalue weighted by molar-refractivity contribution is 5.83. The summed E-state index contributed by atoms with van der Waals surface area (Å²) in [5, 5.41) is 16.9. The maximum Gasteiger partial charge on any atom is 0.263 e. The molecule has 1 unspecified atom stereocenters. The molecule has 156 valence electrons. The first-order valence-electron chi connectivity index (χ1n) is 9.99. The molecule has 1 amide bonds. The lowest BCUT2D eigenvalue weighted by molar-refractivity contribution is -0.128. The number of aliphatic hydroxyl groups is 1. The van der Waals surface area contributed by atoms with Gasteiger partial charge in [0.15, 0.2) is 6.10 Å². The van der Waals surface area contributed by atoms with Crippen molar-refractivity contribution in [2.75, 3.05) is 18.0 Å². The van der Waals surface area contributed by atoms with Gasteiger partial charge in [0.25, 0.3) is 5.91 Å². The lowest BCUT2D eigenvalue weighted by atomic mass is 10.1. The molecule has 2 aromatic carbocycles. The normalized spacial score (nSPS) is 16.0. The van der Waals surface area contributed by atoms with Gasteiger partial charge >= 0.3 is 0 Å². The fourth-order valence-corrected chi connectivity index (χ4v) is 3.41. The topological polar surface area (TPSA) is 79.6 Å². The molecular weight excluding hydrogens is 380 g/mol. The molecule has 2 heterocycles. The molecule has 1 aromatic heterocycles. The lowest BCUT2D eigenvalue weighted by Gasteiger charge is -2.36. The number of amides is 1. The number of hydrogen-bond donors (Lipinski definition) is 2. The van der Waals surface area contributed by atoms with Gasteiger partial charge in [0.05, 0.1) is 23.5 Å². The van der Waals surface area contributed by atoms with Gasteiger partial charge in [-0.25, -0.2) is 4.68 Å². The molecule has 0 saturated carbocycles. The Hall–Kier alpha value is -3.32. The van der Waals surface area contributed by atoms with E-state index in [0.717, 1.165) is 16.9 Å². The largest absolute Gasteiger partial charge is 0.477 e. The summed E-state index contributed by atoms with van der Waals surface area (Å²) in [5.41, 5.74) is 2.10. The molecule has 1 aliphatic heterocycles. The Bertz CT molecular complexity index is 994. The number of rotatable bonds is 6. The second-order valence-corrected chi connectivity index (χ2v) is 8.10. The van der Waals surface area contributed by atoms with Gasteiger partial charge in [-0.2, -0.15) is 5.10 Å². The fraction of sp³-hybridized carbons (Fsp3) is 0.304. The van der Waals surface area contributed by atoms with Gasteiger partial charge in [0.1, 0.15) is 5.75 Å². The third-order valence-electron chi connectivity index (χ3n) is 4.93. The number of para-hydroxylation sites is 2. The number of ether oxygens (including phenoxy) is 1. The first-order chi connectivity index (χ1) is 14.4. The Kier molecular flexibility index (Phi) is 5.46. The van der Waals surface area contributed by atoms with Crippen molar-refractivity contribution in [3.63, 3.8) is 0 Å². The van der Waals surface area contributed by atoms with Crippen LogP contribution in [0.15, 0.2) is 67.0 Å². The third kappa shape index (κ3) is 4.63. The van der Waals surface area contributed by atoms with E-state index in [-0.39, 0.29) is 12.5 Å². The first-order valence-corrected chi connectivity index (χ1v) is 9.99. The summed E-state index contributed by atoms with van der Waals surface area (Å²) in [6, 6.07) is 17.8. The van der Waals surface area contributed by atoms with Crippen LogP contribution in [0.4, 0.5) is 5.69 Å². The van der Waals surface area contributed by atoms with E-state index in [1.165, 1.54) is 0 Å². The minimum atomic E-state index is -0.974. The van der Waals surface area contributed by atoms with Gasteiger partial charge in [0, 0.05) is 25.5 Å². The van der Waals surface area contributed by atoms with Crippen molar-refractivity contribution in [3.05, 3.63) is 72.6 Å². The molecule has 0 bridgehead atoms. The number of nitrogens with one attached hydrogen (secondary N) is 1. The average molecular weight is 406 g/mol. The van der Waals surface area contributed by atoms with Crippen LogP contribution in [0, 0.1) is 0 Å². The molecule has 0 spiro atoms. The number of aromatic nitrogens is 2. The molecular formula is C23H26N4O3. The van der Waals surface area contributed by atoms with Crippen LogP contribution in [-0.2, 0) is 11.3 Å². The highest BCUT2D eigenvalue weighted by Gasteiger charge is 2.31. The van der Waals surface area contributed by atoms with E-state index in [4.69, 9.17) is 4.74 Å². The van der Waals surface area contributed by atoms with E-state index >= 15 is 0 Å². The Morgan fingerprint density at radius 1 is 1.20 bits per heavy atom. The molecule has 1 aliphatic rings. The van der Waals surface area contributed by atoms with Crippen LogP contribution >= 0.6 is 0 Å². The van der Waals surface area contributed by atoms with Crippen LogP contribution in [0.5, 0.6) is 5.75 Å². The van der Waals surface area contributed by atoms with Crippen LogP contribution in [0.3, 0.4) is 0 Å². The van der Waals surface area contributed by atoms with E-state index < -0.39 is 11.7 Å². The lowest BCUT2D eigenvalue weighted by Crippen LogP contribution is -2.51. The van der Waals surface area contributed by atoms with Gasteiger partial charge in [-0.3, -0.25) is 4.79 Å². The number of hydrogen-bond acceptors (Lipinski definition) is 5. The van der Waals surface area contributed by atoms with Crippen LogP contribution in [0.25, 0.3) is 5.69 Å². The molecule has 0 radical (unpaired) electrons. The zero-order chi connectivity index (χ0) is 21.1. The monoisotopic (exact) mass is 406 g/mol. The predicted molar refractivity (Wildman–Crippen MR) is 115 cm³/mol. The van der Waals surface area contributed by atoms with Crippen molar-refractivity contribution in [2.24, 2.45) is 0 Å². The SMILES string of the molecule is CC(C)(O)CNC(=O)C1CN(Cc2ccc(-n3cccn3)cc2)c2ccccc2O1. The van der Waals surface area contributed by atoms with E-state index in [1.807, 2.05) is 53.3 Å². The molecule has 4 rings (SSSR count). The maximum absolute atomic E-state index is 12.6. The second kappa shape index (κ2) is 8.20. The molecule has 0 saturated heterocycles.